The summed E-state index contributed by atoms with van der Waals surface area (Å²) in [5.74, 6) is 0.723. The molecular formula is C11H20ClNO3S. The third kappa shape index (κ3) is 4.95. The fourth-order valence-corrected chi connectivity index (χ4v) is 3.46. The number of halogens is 1. The standard InChI is InChI=1S/C11H20ClNO3S/c1-16-10-11-4-7-13(8-5-11)17(14,15)9-3-2-6-12/h4H,2-3,5-10H2,1H3. The van der Waals surface area contributed by atoms with Crippen LogP contribution in [0.2, 0.25) is 0 Å². The monoisotopic (exact) mass is 281 g/mol. The van der Waals surface area contributed by atoms with Crippen molar-refractivity contribution in [2.24, 2.45) is 0 Å². The number of hydrogen-bond donors (Lipinski definition) is 0. The van der Waals surface area contributed by atoms with Crippen molar-refractivity contribution in [1.82, 2.24) is 4.31 Å². The Morgan fingerprint density at radius 3 is 2.76 bits per heavy atom. The Labute approximate surface area is 109 Å². The molecule has 0 aromatic heterocycles. The van der Waals surface area contributed by atoms with Gasteiger partial charge in [0.25, 0.3) is 0 Å². The fraction of sp³-hybridized carbons (Fsp3) is 0.818. The van der Waals surface area contributed by atoms with E-state index >= 15 is 0 Å². The number of unbranched alkanes of at least 4 members (excludes halogenated alkanes) is 1. The van der Waals surface area contributed by atoms with Crippen LogP contribution in [0.4, 0.5) is 0 Å². The molecule has 100 valence electrons. The molecule has 0 atom stereocenters. The first-order valence-electron chi connectivity index (χ1n) is 5.81. The second-order valence-electron chi connectivity index (χ2n) is 4.12. The maximum absolute atomic E-state index is 11.9. The third-order valence-electron chi connectivity index (χ3n) is 2.77. The van der Waals surface area contributed by atoms with Crippen LogP contribution in [0.5, 0.6) is 0 Å². The first kappa shape index (κ1) is 15.0. The summed E-state index contributed by atoms with van der Waals surface area (Å²) in [4.78, 5) is 0. The van der Waals surface area contributed by atoms with E-state index in [1.807, 2.05) is 6.08 Å². The third-order valence-corrected chi connectivity index (χ3v) is 4.97. The van der Waals surface area contributed by atoms with E-state index < -0.39 is 10.0 Å². The van der Waals surface area contributed by atoms with Crippen LogP contribution in [-0.4, -0.2) is 51.2 Å². The lowest BCUT2D eigenvalue weighted by Crippen LogP contribution is -2.36. The van der Waals surface area contributed by atoms with Gasteiger partial charge in [-0.25, -0.2) is 8.42 Å². The molecule has 0 amide bonds. The minimum Gasteiger partial charge on any atom is -0.380 e. The van der Waals surface area contributed by atoms with Crippen LogP contribution in [-0.2, 0) is 14.8 Å². The van der Waals surface area contributed by atoms with Crippen molar-refractivity contribution < 1.29 is 13.2 Å². The molecule has 0 N–H and O–H groups in total. The summed E-state index contributed by atoms with van der Waals surface area (Å²) < 4.78 is 30.5. The van der Waals surface area contributed by atoms with Crippen LogP contribution >= 0.6 is 11.6 Å². The first-order valence-corrected chi connectivity index (χ1v) is 7.95. The normalized spacial score (nSPS) is 18.1. The van der Waals surface area contributed by atoms with Crippen LogP contribution in [0, 0.1) is 0 Å². The molecule has 0 aromatic rings. The van der Waals surface area contributed by atoms with Crippen molar-refractivity contribution in [2.75, 3.05) is 38.4 Å². The van der Waals surface area contributed by atoms with E-state index in [1.165, 1.54) is 5.57 Å². The second kappa shape index (κ2) is 7.36. The van der Waals surface area contributed by atoms with Crippen LogP contribution in [0.15, 0.2) is 11.6 Å². The number of sulfonamides is 1. The van der Waals surface area contributed by atoms with Gasteiger partial charge in [-0.1, -0.05) is 6.08 Å². The smallest absolute Gasteiger partial charge is 0.214 e. The average Bonchev–Trinajstić information content (AvgIpc) is 2.30. The molecule has 0 aromatic carbocycles. The van der Waals surface area contributed by atoms with Gasteiger partial charge in [0.1, 0.15) is 0 Å². The van der Waals surface area contributed by atoms with Crippen molar-refractivity contribution in [1.29, 1.82) is 0 Å². The number of methoxy groups -OCH3 is 1. The number of nitrogens with zero attached hydrogens (tertiary/aromatic N) is 1. The molecule has 0 spiro atoms. The van der Waals surface area contributed by atoms with Gasteiger partial charge in [0.2, 0.25) is 10.0 Å². The van der Waals surface area contributed by atoms with Gasteiger partial charge in [-0.05, 0) is 24.8 Å². The summed E-state index contributed by atoms with van der Waals surface area (Å²) in [6.45, 7) is 1.64. The molecule has 6 heteroatoms. The number of hydrogen-bond acceptors (Lipinski definition) is 3. The van der Waals surface area contributed by atoms with E-state index in [1.54, 1.807) is 11.4 Å². The van der Waals surface area contributed by atoms with Crippen molar-refractivity contribution in [3.8, 4) is 0 Å². The van der Waals surface area contributed by atoms with Crippen molar-refractivity contribution >= 4 is 21.6 Å². The van der Waals surface area contributed by atoms with Gasteiger partial charge in [0.05, 0.1) is 12.4 Å². The van der Waals surface area contributed by atoms with Gasteiger partial charge in [-0.2, -0.15) is 4.31 Å². The maximum Gasteiger partial charge on any atom is 0.214 e. The first-order chi connectivity index (χ1) is 8.10. The topological polar surface area (TPSA) is 46.6 Å². The van der Waals surface area contributed by atoms with Crippen LogP contribution in [0.1, 0.15) is 19.3 Å². The largest absolute Gasteiger partial charge is 0.380 e. The number of alkyl halides is 1. The zero-order valence-corrected chi connectivity index (χ0v) is 11.8. The van der Waals surface area contributed by atoms with E-state index in [2.05, 4.69) is 0 Å². The molecule has 0 unspecified atom stereocenters. The van der Waals surface area contributed by atoms with Gasteiger partial charge >= 0.3 is 0 Å². The molecule has 0 bridgehead atoms. The predicted molar refractivity (Wildman–Crippen MR) is 69.9 cm³/mol. The molecule has 4 nitrogen and oxygen atoms in total. The average molecular weight is 282 g/mol. The Balaban J connectivity index is 2.46. The van der Waals surface area contributed by atoms with Crippen LogP contribution in [0.25, 0.3) is 0 Å². The van der Waals surface area contributed by atoms with E-state index in [0.29, 0.717) is 32.0 Å². The van der Waals surface area contributed by atoms with Crippen LogP contribution in [0.3, 0.4) is 0 Å². The highest BCUT2D eigenvalue weighted by Gasteiger charge is 2.23. The molecule has 0 fully saturated rings. The van der Waals surface area contributed by atoms with Crippen molar-refractivity contribution in [3.05, 3.63) is 11.6 Å². The quantitative estimate of drug-likeness (QED) is 0.405. The summed E-state index contributed by atoms with van der Waals surface area (Å²) in [6.07, 6.45) is 4.10. The summed E-state index contributed by atoms with van der Waals surface area (Å²) in [5.41, 5.74) is 1.18. The molecule has 1 heterocycles. The molecule has 0 radical (unpaired) electrons. The summed E-state index contributed by atoms with van der Waals surface area (Å²) in [6, 6.07) is 0. The lowest BCUT2D eigenvalue weighted by molar-refractivity contribution is 0.219. The Morgan fingerprint density at radius 1 is 1.47 bits per heavy atom. The summed E-state index contributed by atoms with van der Waals surface area (Å²) in [5, 5.41) is 0. The van der Waals surface area contributed by atoms with Gasteiger partial charge < -0.3 is 4.74 Å². The van der Waals surface area contributed by atoms with E-state index in [4.69, 9.17) is 16.3 Å². The molecule has 1 aliphatic rings. The summed E-state index contributed by atoms with van der Waals surface area (Å²) >= 11 is 5.54. The second-order valence-corrected chi connectivity index (χ2v) is 6.58. The van der Waals surface area contributed by atoms with Gasteiger partial charge in [0, 0.05) is 26.1 Å². The highest BCUT2D eigenvalue weighted by Crippen LogP contribution is 2.15. The van der Waals surface area contributed by atoms with E-state index in [9.17, 15) is 8.42 Å². The van der Waals surface area contributed by atoms with E-state index in [-0.39, 0.29) is 5.75 Å². The van der Waals surface area contributed by atoms with Crippen LogP contribution < -0.4 is 0 Å². The zero-order chi connectivity index (χ0) is 12.7. The number of rotatable bonds is 7. The van der Waals surface area contributed by atoms with Gasteiger partial charge in [0.15, 0.2) is 0 Å². The molecule has 0 saturated carbocycles. The fourth-order valence-electron chi connectivity index (χ4n) is 1.77. The predicted octanol–water partition coefficient (Wildman–Crippen LogP) is 1.61. The zero-order valence-electron chi connectivity index (χ0n) is 10.2. The molecule has 1 rings (SSSR count). The van der Waals surface area contributed by atoms with Crippen molar-refractivity contribution in [2.45, 2.75) is 19.3 Å². The molecule has 17 heavy (non-hydrogen) atoms. The molecule has 1 aliphatic heterocycles. The Morgan fingerprint density at radius 2 is 2.24 bits per heavy atom. The van der Waals surface area contributed by atoms with E-state index in [0.717, 1.165) is 12.8 Å². The molecular weight excluding hydrogens is 262 g/mol. The van der Waals surface area contributed by atoms with Crippen molar-refractivity contribution in [3.63, 3.8) is 0 Å². The Kier molecular flexibility index (Phi) is 6.48. The molecule has 0 saturated heterocycles. The minimum atomic E-state index is -3.10. The lowest BCUT2D eigenvalue weighted by atomic mass is 10.1. The maximum atomic E-state index is 11.9. The lowest BCUT2D eigenvalue weighted by Gasteiger charge is -2.25. The highest BCUT2D eigenvalue weighted by molar-refractivity contribution is 7.89. The summed E-state index contributed by atoms with van der Waals surface area (Å²) in [7, 11) is -1.46. The van der Waals surface area contributed by atoms with Gasteiger partial charge in [-0.3, -0.25) is 0 Å². The SMILES string of the molecule is COCC1=CCN(S(=O)(=O)CCCCCl)CC1. The molecule has 0 aliphatic carbocycles. The minimum absolute atomic E-state index is 0.202. The Bertz CT molecular complexity index is 354. The number of ether oxygens (including phenoxy) is 1. The van der Waals surface area contributed by atoms with Gasteiger partial charge in [-0.15, -0.1) is 11.6 Å². The Hall–Kier alpha value is -0.100. The highest BCUT2D eigenvalue weighted by atomic mass is 35.5.